The first-order valence-corrected chi connectivity index (χ1v) is 5.85. The van der Waals surface area contributed by atoms with E-state index in [1.807, 2.05) is 7.05 Å². The molecule has 0 fully saturated rings. The van der Waals surface area contributed by atoms with Crippen LogP contribution in [0.15, 0.2) is 22.7 Å². The molecule has 1 aromatic rings. The summed E-state index contributed by atoms with van der Waals surface area (Å²) in [4.78, 5) is 11.6. The van der Waals surface area contributed by atoms with Crippen LogP contribution in [0, 0.1) is 0 Å². The fraction of sp³-hybridized carbons (Fsp3) is 0.364. The van der Waals surface area contributed by atoms with Gasteiger partial charge in [0.05, 0.1) is 5.56 Å². The van der Waals surface area contributed by atoms with Gasteiger partial charge in [0.25, 0.3) is 5.91 Å². The highest BCUT2D eigenvalue weighted by Gasteiger charge is 2.10. The van der Waals surface area contributed by atoms with Gasteiger partial charge in [-0.1, -0.05) is 15.9 Å². The minimum atomic E-state index is -0.249. The van der Waals surface area contributed by atoms with E-state index in [0.717, 1.165) is 17.4 Å². The highest BCUT2D eigenvalue weighted by molar-refractivity contribution is 9.10. The number of hydrogen-bond donors (Lipinski definition) is 3. The predicted molar refractivity (Wildman–Crippen MR) is 66.7 cm³/mol. The van der Waals surface area contributed by atoms with Gasteiger partial charge in [-0.2, -0.15) is 0 Å². The Labute approximate surface area is 103 Å². The third kappa shape index (κ3) is 3.83. The number of rotatable bonds is 5. The maximum absolute atomic E-state index is 11.6. The lowest BCUT2D eigenvalue weighted by atomic mass is 10.2. The van der Waals surface area contributed by atoms with E-state index in [9.17, 15) is 9.90 Å². The Morgan fingerprint density at radius 3 is 2.81 bits per heavy atom. The summed E-state index contributed by atoms with van der Waals surface area (Å²) >= 11 is 3.22. The Bertz CT molecular complexity index is 369. The van der Waals surface area contributed by atoms with Crippen LogP contribution in [-0.2, 0) is 0 Å². The van der Waals surface area contributed by atoms with E-state index >= 15 is 0 Å². The Hall–Kier alpha value is -1.07. The fourth-order valence-electron chi connectivity index (χ4n) is 1.26. The third-order valence-corrected chi connectivity index (χ3v) is 2.59. The molecule has 0 aliphatic heterocycles. The molecule has 88 valence electrons. The second-order valence-corrected chi connectivity index (χ2v) is 4.29. The molecule has 0 atom stereocenters. The summed E-state index contributed by atoms with van der Waals surface area (Å²) in [5.41, 5.74) is 0.299. The third-order valence-electron chi connectivity index (χ3n) is 2.09. The number of halogens is 1. The average molecular weight is 287 g/mol. The summed E-state index contributed by atoms with van der Waals surface area (Å²) in [6.45, 7) is 1.45. The van der Waals surface area contributed by atoms with Crippen molar-refractivity contribution in [3.63, 3.8) is 0 Å². The molecule has 0 saturated carbocycles. The lowest BCUT2D eigenvalue weighted by molar-refractivity contribution is 0.0950. The van der Waals surface area contributed by atoms with Gasteiger partial charge in [0.15, 0.2) is 0 Å². The van der Waals surface area contributed by atoms with Gasteiger partial charge in [-0.15, -0.1) is 0 Å². The molecule has 0 spiro atoms. The van der Waals surface area contributed by atoms with Crippen molar-refractivity contribution >= 4 is 21.8 Å². The van der Waals surface area contributed by atoms with E-state index in [-0.39, 0.29) is 11.7 Å². The summed E-state index contributed by atoms with van der Waals surface area (Å²) in [7, 11) is 1.86. The van der Waals surface area contributed by atoms with Gasteiger partial charge in [0, 0.05) is 11.0 Å². The van der Waals surface area contributed by atoms with Gasteiger partial charge in [0.2, 0.25) is 0 Å². The molecule has 1 amide bonds. The summed E-state index contributed by atoms with van der Waals surface area (Å²) in [6.07, 6.45) is 0.861. The van der Waals surface area contributed by atoms with Gasteiger partial charge in [-0.05, 0) is 38.2 Å². The molecule has 0 unspecified atom stereocenters. The van der Waals surface area contributed by atoms with E-state index in [0.29, 0.717) is 12.1 Å². The minimum Gasteiger partial charge on any atom is -0.507 e. The molecule has 0 saturated heterocycles. The summed E-state index contributed by atoms with van der Waals surface area (Å²) in [6, 6.07) is 4.82. The zero-order chi connectivity index (χ0) is 12.0. The van der Waals surface area contributed by atoms with E-state index in [2.05, 4.69) is 26.6 Å². The Morgan fingerprint density at radius 2 is 2.19 bits per heavy atom. The average Bonchev–Trinajstić information content (AvgIpc) is 2.24. The van der Waals surface area contributed by atoms with Crippen molar-refractivity contribution in [2.24, 2.45) is 0 Å². The fourth-order valence-corrected chi connectivity index (χ4v) is 1.61. The first-order chi connectivity index (χ1) is 7.65. The van der Waals surface area contributed by atoms with Crippen molar-refractivity contribution in [3.05, 3.63) is 28.2 Å². The van der Waals surface area contributed by atoms with Gasteiger partial charge in [0.1, 0.15) is 5.75 Å². The molecular weight excluding hydrogens is 272 g/mol. The van der Waals surface area contributed by atoms with Crippen LogP contribution in [0.3, 0.4) is 0 Å². The van der Waals surface area contributed by atoms with Crippen molar-refractivity contribution in [3.8, 4) is 5.75 Å². The highest BCUT2D eigenvalue weighted by atomic mass is 79.9. The van der Waals surface area contributed by atoms with Crippen molar-refractivity contribution in [2.45, 2.75) is 6.42 Å². The number of nitrogens with one attached hydrogen (secondary N) is 2. The number of carbonyl (C=O) groups is 1. The number of carbonyl (C=O) groups excluding carboxylic acids is 1. The number of phenols is 1. The monoisotopic (exact) mass is 286 g/mol. The molecule has 1 rings (SSSR count). The molecule has 0 radical (unpaired) electrons. The van der Waals surface area contributed by atoms with E-state index in [1.54, 1.807) is 12.1 Å². The van der Waals surface area contributed by atoms with Crippen LogP contribution in [0.4, 0.5) is 0 Å². The number of benzene rings is 1. The number of hydrogen-bond acceptors (Lipinski definition) is 3. The number of amides is 1. The first kappa shape index (κ1) is 13.0. The smallest absolute Gasteiger partial charge is 0.255 e. The molecule has 5 heteroatoms. The molecular formula is C11H15BrN2O2. The molecule has 0 aromatic heterocycles. The lowest BCUT2D eigenvalue weighted by Crippen LogP contribution is -2.26. The number of aromatic hydroxyl groups is 1. The molecule has 4 nitrogen and oxygen atoms in total. The van der Waals surface area contributed by atoms with Crippen molar-refractivity contribution < 1.29 is 9.90 Å². The van der Waals surface area contributed by atoms with Crippen LogP contribution in [0.25, 0.3) is 0 Å². The summed E-state index contributed by atoms with van der Waals surface area (Å²) in [5.74, 6) is -0.262. The molecule has 0 bridgehead atoms. The van der Waals surface area contributed by atoms with Crippen molar-refractivity contribution in [1.82, 2.24) is 10.6 Å². The normalized spacial score (nSPS) is 10.1. The molecule has 0 aliphatic rings. The van der Waals surface area contributed by atoms with Crippen LogP contribution >= 0.6 is 15.9 Å². The Morgan fingerprint density at radius 1 is 1.44 bits per heavy atom. The van der Waals surface area contributed by atoms with Crippen LogP contribution in [0.5, 0.6) is 5.75 Å². The quantitative estimate of drug-likeness (QED) is 0.719. The zero-order valence-electron chi connectivity index (χ0n) is 9.09. The van der Waals surface area contributed by atoms with Crippen LogP contribution in [-0.4, -0.2) is 31.2 Å². The summed E-state index contributed by atoms with van der Waals surface area (Å²) < 4.78 is 0.747. The predicted octanol–water partition coefficient (Wildman–Crippen LogP) is 1.49. The standard InChI is InChI=1S/C11H15BrN2O2/c1-13-5-2-6-14-11(16)9-4-3-8(12)7-10(9)15/h3-4,7,13,15H,2,5-6H2,1H3,(H,14,16). The zero-order valence-corrected chi connectivity index (χ0v) is 10.7. The molecule has 0 heterocycles. The van der Waals surface area contributed by atoms with E-state index in [1.165, 1.54) is 6.07 Å². The van der Waals surface area contributed by atoms with E-state index < -0.39 is 0 Å². The van der Waals surface area contributed by atoms with E-state index in [4.69, 9.17) is 0 Å². The number of phenolic OH excluding ortho intramolecular Hbond substituents is 1. The minimum absolute atomic E-state index is 0.0134. The second kappa shape index (κ2) is 6.50. The van der Waals surface area contributed by atoms with Crippen LogP contribution in [0.1, 0.15) is 16.8 Å². The van der Waals surface area contributed by atoms with Crippen LogP contribution < -0.4 is 10.6 Å². The molecule has 0 aliphatic carbocycles. The Kier molecular flexibility index (Phi) is 5.28. The topological polar surface area (TPSA) is 61.4 Å². The SMILES string of the molecule is CNCCCNC(=O)c1ccc(Br)cc1O. The van der Waals surface area contributed by atoms with Gasteiger partial charge in [-0.25, -0.2) is 0 Å². The molecule has 16 heavy (non-hydrogen) atoms. The van der Waals surface area contributed by atoms with Crippen LogP contribution in [0.2, 0.25) is 0 Å². The van der Waals surface area contributed by atoms with Gasteiger partial charge < -0.3 is 15.7 Å². The van der Waals surface area contributed by atoms with Crippen molar-refractivity contribution in [1.29, 1.82) is 0 Å². The molecule has 3 N–H and O–H groups in total. The molecule has 1 aromatic carbocycles. The Balaban J connectivity index is 2.53. The second-order valence-electron chi connectivity index (χ2n) is 3.37. The first-order valence-electron chi connectivity index (χ1n) is 5.06. The maximum Gasteiger partial charge on any atom is 0.255 e. The van der Waals surface area contributed by atoms with Crippen molar-refractivity contribution in [2.75, 3.05) is 20.1 Å². The highest BCUT2D eigenvalue weighted by Crippen LogP contribution is 2.21. The van der Waals surface area contributed by atoms with Gasteiger partial charge >= 0.3 is 0 Å². The lowest BCUT2D eigenvalue weighted by Gasteiger charge is -2.06. The largest absolute Gasteiger partial charge is 0.507 e. The summed E-state index contributed by atoms with van der Waals surface area (Å²) in [5, 5.41) is 15.3. The van der Waals surface area contributed by atoms with Gasteiger partial charge in [-0.3, -0.25) is 4.79 Å². The maximum atomic E-state index is 11.6.